The summed E-state index contributed by atoms with van der Waals surface area (Å²) in [5, 5.41) is 5.64. The lowest BCUT2D eigenvalue weighted by atomic mass is 10.1. The fourth-order valence-corrected chi connectivity index (χ4v) is 2.32. The van der Waals surface area contributed by atoms with Gasteiger partial charge in [-0.25, -0.2) is 4.98 Å². The lowest BCUT2D eigenvalue weighted by Crippen LogP contribution is -2.21. The molecule has 5 nitrogen and oxygen atoms in total. The number of benzene rings is 1. The zero-order chi connectivity index (χ0) is 13.0. The smallest absolute Gasteiger partial charge is 0.212 e. The van der Waals surface area contributed by atoms with Crippen molar-refractivity contribution in [1.82, 2.24) is 10.3 Å². The van der Waals surface area contributed by atoms with Gasteiger partial charge in [0.15, 0.2) is 5.96 Å². The van der Waals surface area contributed by atoms with Crippen LogP contribution >= 0.6 is 11.3 Å². The Labute approximate surface area is 110 Å². The van der Waals surface area contributed by atoms with Gasteiger partial charge >= 0.3 is 0 Å². The van der Waals surface area contributed by atoms with E-state index in [-0.39, 0.29) is 5.96 Å². The van der Waals surface area contributed by atoms with Gasteiger partial charge in [-0.2, -0.15) is 4.99 Å². The minimum atomic E-state index is 0.0276. The van der Waals surface area contributed by atoms with Crippen LogP contribution in [0.1, 0.15) is 5.56 Å². The van der Waals surface area contributed by atoms with Gasteiger partial charge in [-0.3, -0.25) is 0 Å². The van der Waals surface area contributed by atoms with E-state index in [1.807, 2.05) is 24.6 Å². The molecule has 0 bridgehead atoms. The van der Waals surface area contributed by atoms with Crippen molar-refractivity contribution in [3.05, 3.63) is 35.2 Å². The third-order valence-electron chi connectivity index (χ3n) is 2.32. The molecule has 0 saturated carbocycles. The van der Waals surface area contributed by atoms with Crippen molar-refractivity contribution in [1.29, 1.82) is 0 Å². The first kappa shape index (κ1) is 12.5. The highest BCUT2D eigenvalue weighted by Crippen LogP contribution is 2.27. The third kappa shape index (κ3) is 3.06. The summed E-state index contributed by atoms with van der Waals surface area (Å²) in [6.07, 6.45) is 0. The lowest BCUT2D eigenvalue weighted by Gasteiger charge is -2.02. The number of rotatable bonds is 4. The van der Waals surface area contributed by atoms with Crippen molar-refractivity contribution in [3.63, 3.8) is 0 Å². The van der Waals surface area contributed by atoms with Crippen LogP contribution in [0.3, 0.4) is 0 Å². The van der Waals surface area contributed by atoms with Gasteiger partial charge in [-0.05, 0) is 18.7 Å². The number of guanidine groups is 1. The van der Waals surface area contributed by atoms with E-state index in [9.17, 15) is 0 Å². The Kier molecular flexibility index (Phi) is 3.91. The first-order valence-corrected chi connectivity index (χ1v) is 6.36. The predicted molar refractivity (Wildman–Crippen MR) is 75.8 cm³/mol. The topological polar surface area (TPSA) is 89.3 Å². The molecule has 0 aliphatic rings. The lowest BCUT2D eigenvalue weighted by molar-refractivity contribution is 0.818. The minimum Gasteiger partial charge on any atom is -0.370 e. The molecule has 0 fully saturated rings. The molecule has 0 saturated heterocycles. The van der Waals surface area contributed by atoms with Crippen LogP contribution in [0.15, 0.2) is 34.6 Å². The van der Waals surface area contributed by atoms with Gasteiger partial charge in [0.2, 0.25) is 5.13 Å². The number of nitrogens with one attached hydrogen (secondary N) is 1. The average molecular weight is 261 g/mol. The minimum absolute atomic E-state index is 0.0276. The van der Waals surface area contributed by atoms with E-state index in [0.717, 1.165) is 17.8 Å². The molecule has 1 heterocycles. The Bertz CT molecular complexity index is 557. The summed E-state index contributed by atoms with van der Waals surface area (Å²) in [6, 6.07) is 8.21. The van der Waals surface area contributed by atoms with Crippen LogP contribution in [0.2, 0.25) is 0 Å². The number of nitrogens with zero attached hydrogens (tertiary/aromatic N) is 2. The molecular weight excluding hydrogens is 246 g/mol. The van der Waals surface area contributed by atoms with Crippen LogP contribution in [0.5, 0.6) is 0 Å². The van der Waals surface area contributed by atoms with Crippen molar-refractivity contribution in [2.45, 2.75) is 6.54 Å². The molecule has 0 aliphatic carbocycles. The number of hydrogen-bond acceptors (Lipinski definition) is 4. The van der Waals surface area contributed by atoms with E-state index in [1.165, 1.54) is 16.9 Å². The number of hydrogen-bond donors (Lipinski definition) is 3. The Balaban J connectivity index is 2.28. The molecule has 94 valence electrons. The van der Waals surface area contributed by atoms with Gasteiger partial charge in [0.05, 0.1) is 5.69 Å². The maximum atomic E-state index is 5.32. The Hall–Kier alpha value is -1.92. The molecule has 6 heteroatoms. The average Bonchev–Trinajstić information content (AvgIpc) is 2.77. The molecule has 2 aromatic rings. The molecule has 1 aromatic carbocycles. The van der Waals surface area contributed by atoms with E-state index in [4.69, 9.17) is 11.5 Å². The molecule has 0 radical (unpaired) electrons. The largest absolute Gasteiger partial charge is 0.370 e. The molecule has 18 heavy (non-hydrogen) atoms. The van der Waals surface area contributed by atoms with Crippen LogP contribution in [0, 0.1) is 0 Å². The second-order valence-corrected chi connectivity index (χ2v) is 4.62. The molecule has 0 amide bonds. The quantitative estimate of drug-likeness (QED) is 0.574. The maximum Gasteiger partial charge on any atom is 0.212 e. The summed E-state index contributed by atoms with van der Waals surface area (Å²) >= 11 is 1.42. The van der Waals surface area contributed by atoms with E-state index < -0.39 is 0 Å². The second kappa shape index (κ2) is 5.61. The van der Waals surface area contributed by atoms with Crippen molar-refractivity contribution < 1.29 is 0 Å². The van der Waals surface area contributed by atoms with Crippen molar-refractivity contribution in [2.24, 2.45) is 16.5 Å². The van der Waals surface area contributed by atoms with Gasteiger partial charge in [-0.15, -0.1) is 11.3 Å². The fraction of sp³-hybridized carbons (Fsp3) is 0.167. The SMILES string of the molecule is CNCc1cccc(-c2csc(N=C(N)N)n2)c1. The van der Waals surface area contributed by atoms with Crippen LogP contribution in [0.4, 0.5) is 5.13 Å². The maximum absolute atomic E-state index is 5.32. The summed E-state index contributed by atoms with van der Waals surface area (Å²) in [6.45, 7) is 0.832. The molecular formula is C12H15N5S. The van der Waals surface area contributed by atoms with Crippen LogP contribution in [-0.4, -0.2) is 18.0 Å². The summed E-state index contributed by atoms with van der Waals surface area (Å²) in [4.78, 5) is 8.30. The molecule has 0 aliphatic heterocycles. The zero-order valence-electron chi connectivity index (χ0n) is 10.1. The highest BCUT2D eigenvalue weighted by atomic mass is 32.1. The molecule has 2 rings (SSSR count). The van der Waals surface area contributed by atoms with E-state index in [2.05, 4.69) is 27.4 Å². The number of aliphatic imine (C=N–C) groups is 1. The zero-order valence-corrected chi connectivity index (χ0v) is 10.9. The number of thiazole rings is 1. The first-order valence-electron chi connectivity index (χ1n) is 5.48. The van der Waals surface area contributed by atoms with Gasteiger partial charge in [-0.1, -0.05) is 18.2 Å². The summed E-state index contributed by atoms with van der Waals surface area (Å²) in [5.41, 5.74) is 13.8. The standard InChI is InChI=1S/C12H15N5S/c1-15-6-8-3-2-4-9(5-8)10-7-18-12(16-10)17-11(13)14/h2-5,7,15H,6H2,1H3,(H4,13,14,16,17). The van der Waals surface area contributed by atoms with Crippen LogP contribution in [-0.2, 0) is 6.54 Å². The van der Waals surface area contributed by atoms with Crippen molar-refractivity contribution in [2.75, 3.05) is 7.05 Å². The van der Waals surface area contributed by atoms with E-state index in [1.54, 1.807) is 0 Å². The summed E-state index contributed by atoms with van der Waals surface area (Å²) in [5.74, 6) is 0.0276. The Morgan fingerprint density at radius 3 is 3.00 bits per heavy atom. The van der Waals surface area contributed by atoms with Crippen LogP contribution < -0.4 is 16.8 Å². The second-order valence-electron chi connectivity index (χ2n) is 3.78. The monoisotopic (exact) mass is 261 g/mol. The predicted octanol–water partition coefficient (Wildman–Crippen LogP) is 1.43. The molecule has 1 aromatic heterocycles. The van der Waals surface area contributed by atoms with Crippen LogP contribution in [0.25, 0.3) is 11.3 Å². The fourth-order valence-electron chi connectivity index (χ4n) is 1.60. The molecule has 5 N–H and O–H groups in total. The highest BCUT2D eigenvalue weighted by molar-refractivity contribution is 7.13. The van der Waals surface area contributed by atoms with Gasteiger partial charge < -0.3 is 16.8 Å². The number of nitrogens with two attached hydrogens (primary N) is 2. The van der Waals surface area contributed by atoms with Gasteiger partial charge in [0.25, 0.3) is 0 Å². The third-order valence-corrected chi connectivity index (χ3v) is 3.05. The summed E-state index contributed by atoms with van der Waals surface area (Å²) < 4.78 is 0. The van der Waals surface area contributed by atoms with Crippen molar-refractivity contribution >= 4 is 22.4 Å². The Morgan fingerprint density at radius 2 is 2.28 bits per heavy atom. The van der Waals surface area contributed by atoms with E-state index in [0.29, 0.717) is 5.13 Å². The Morgan fingerprint density at radius 1 is 1.44 bits per heavy atom. The molecule has 0 unspecified atom stereocenters. The summed E-state index contributed by atoms with van der Waals surface area (Å²) in [7, 11) is 1.92. The first-order chi connectivity index (χ1) is 8.69. The normalized spacial score (nSPS) is 10.3. The number of aromatic nitrogens is 1. The van der Waals surface area contributed by atoms with Gasteiger partial charge in [0.1, 0.15) is 0 Å². The molecule has 0 atom stereocenters. The van der Waals surface area contributed by atoms with E-state index >= 15 is 0 Å². The van der Waals surface area contributed by atoms with Gasteiger partial charge in [0, 0.05) is 17.5 Å². The molecule has 0 spiro atoms. The highest BCUT2D eigenvalue weighted by Gasteiger charge is 2.04. The van der Waals surface area contributed by atoms with Crippen molar-refractivity contribution in [3.8, 4) is 11.3 Å².